The molecule has 29 heavy (non-hydrogen) atoms. The zero-order valence-corrected chi connectivity index (χ0v) is 17.1. The molecule has 0 spiro atoms. The molecule has 2 heterocycles. The summed E-state index contributed by atoms with van der Waals surface area (Å²) in [7, 11) is 0. The third-order valence-corrected chi connectivity index (χ3v) is 5.82. The van der Waals surface area contributed by atoms with E-state index in [9.17, 15) is 18.0 Å². The minimum absolute atomic E-state index is 0.140. The molecule has 5 nitrogen and oxygen atoms in total. The summed E-state index contributed by atoms with van der Waals surface area (Å²) in [4.78, 5) is 18.4. The lowest BCUT2D eigenvalue weighted by Gasteiger charge is -2.28. The number of anilines is 2. The van der Waals surface area contributed by atoms with Gasteiger partial charge < -0.3 is 15.0 Å². The van der Waals surface area contributed by atoms with Crippen LogP contribution in [0, 0.1) is 0 Å². The lowest BCUT2D eigenvalue weighted by Crippen LogP contribution is -2.36. The summed E-state index contributed by atoms with van der Waals surface area (Å²) in [6.45, 7) is 4.65. The van der Waals surface area contributed by atoms with E-state index < -0.39 is 17.0 Å². The van der Waals surface area contributed by atoms with E-state index in [1.54, 1.807) is 6.92 Å². The number of nitrogens with zero attached hydrogens (tertiary/aromatic N) is 2. The van der Waals surface area contributed by atoms with E-state index in [1.807, 2.05) is 24.3 Å². The highest BCUT2D eigenvalue weighted by Gasteiger charge is 2.32. The van der Waals surface area contributed by atoms with Gasteiger partial charge in [0.1, 0.15) is 5.03 Å². The van der Waals surface area contributed by atoms with Crippen molar-refractivity contribution in [2.75, 3.05) is 36.5 Å². The van der Waals surface area contributed by atoms with E-state index in [4.69, 9.17) is 16.3 Å². The van der Waals surface area contributed by atoms with Crippen molar-refractivity contribution >= 4 is 40.6 Å². The number of benzene rings is 1. The normalized spacial score (nSPS) is 15.8. The Balaban J connectivity index is 1.59. The largest absolute Gasteiger partial charge is 0.417 e. The molecule has 1 aromatic heterocycles. The van der Waals surface area contributed by atoms with Gasteiger partial charge in [-0.05, 0) is 37.3 Å². The fourth-order valence-electron chi connectivity index (χ4n) is 2.71. The van der Waals surface area contributed by atoms with Crippen LogP contribution in [0.15, 0.2) is 41.6 Å². The molecule has 10 heteroatoms. The van der Waals surface area contributed by atoms with Crippen LogP contribution in [0.2, 0.25) is 5.02 Å². The zero-order chi connectivity index (χ0) is 21.0. The van der Waals surface area contributed by atoms with Crippen LogP contribution in [0.5, 0.6) is 0 Å². The van der Waals surface area contributed by atoms with E-state index in [2.05, 4.69) is 15.2 Å². The van der Waals surface area contributed by atoms with Gasteiger partial charge in [-0.3, -0.25) is 4.79 Å². The second kappa shape index (κ2) is 9.23. The third-order valence-electron chi connectivity index (χ3n) is 4.30. The summed E-state index contributed by atoms with van der Waals surface area (Å²) < 4.78 is 43.4. The van der Waals surface area contributed by atoms with Gasteiger partial charge in [0.15, 0.2) is 0 Å². The van der Waals surface area contributed by atoms with Crippen molar-refractivity contribution in [1.29, 1.82) is 0 Å². The van der Waals surface area contributed by atoms with Gasteiger partial charge in [-0.15, -0.1) is 0 Å². The number of carbonyl (C=O) groups excluding carboxylic acids is 1. The molecule has 0 radical (unpaired) electrons. The molecule has 1 atom stereocenters. The molecule has 1 amide bonds. The molecule has 1 saturated heterocycles. The van der Waals surface area contributed by atoms with Gasteiger partial charge in [0, 0.05) is 30.7 Å². The summed E-state index contributed by atoms with van der Waals surface area (Å²) in [6, 6.07) is 8.28. The highest BCUT2D eigenvalue weighted by molar-refractivity contribution is 8.00. The van der Waals surface area contributed by atoms with Crippen molar-refractivity contribution in [2.45, 2.75) is 23.4 Å². The number of aromatic nitrogens is 1. The van der Waals surface area contributed by atoms with Crippen LogP contribution in [0.25, 0.3) is 0 Å². The number of hydrogen-bond donors (Lipinski definition) is 1. The third kappa shape index (κ3) is 5.77. The highest BCUT2D eigenvalue weighted by atomic mass is 35.5. The number of amides is 1. The first-order chi connectivity index (χ1) is 13.7. The minimum atomic E-state index is -4.52. The summed E-state index contributed by atoms with van der Waals surface area (Å²) in [5, 5.41) is 2.22. The number of hydrogen-bond acceptors (Lipinski definition) is 5. The van der Waals surface area contributed by atoms with Gasteiger partial charge >= 0.3 is 6.18 Å². The average Bonchev–Trinajstić information content (AvgIpc) is 2.70. The minimum Gasteiger partial charge on any atom is -0.378 e. The van der Waals surface area contributed by atoms with Crippen LogP contribution < -0.4 is 10.2 Å². The number of morpholine rings is 1. The molecular weight excluding hydrogens is 427 g/mol. The lowest BCUT2D eigenvalue weighted by molar-refractivity contribution is -0.137. The molecule has 1 aliphatic heterocycles. The predicted molar refractivity (Wildman–Crippen MR) is 108 cm³/mol. The smallest absolute Gasteiger partial charge is 0.378 e. The molecular formula is C19H19ClF3N3O2S. The van der Waals surface area contributed by atoms with E-state index in [0.717, 1.165) is 36.6 Å². The molecule has 1 aromatic carbocycles. The number of rotatable bonds is 5. The number of thioether (sulfide) groups is 1. The fraction of sp³-hybridized carbons (Fsp3) is 0.368. The Bertz CT molecular complexity index is 859. The van der Waals surface area contributed by atoms with Gasteiger partial charge in [0.05, 0.1) is 29.0 Å². The van der Waals surface area contributed by atoms with Gasteiger partial charge in [-0.25, -0.2) is 4.98 Å². The van der Waals surface area contributed by atoms with Crippen molar-refractivity contribution < 1.29 is 22.7 Å². The maximum absolute atomic E-state index is 12.7. The van der Waals surface area contributed by atoms with Gasteiger partial charge in [-0.2, -0.15) is 13.2 Å². The number of ether oxygens (including phenoxy) is 1. The van der Waals surface area contributed by atoms with Gasteiger partial charge in [0.25, 0.3) is 0 Å². The summed E-state index contributed by atoms with van der Waals surface area (Å²) in [6.07, 6.45) is -3.81. The first-order valence-electron chi connectivity index (χ1n) is 8.87. The average molecular weight is 446 g/mol. The van der Waals surface area contributed by atoms with E-state index in [1.165, 1.54) is 0 Å². The Morgan fingerprint density at radius 1 is 1.28 bits per heavy atom. The molecule has 0 aliphatic carbocycles. The van der Waals surface area contributed by atoms with Crippen molar-refractivity contribution in [3.63, 3.8) is 0 Å². The van der Waals surface area contributed by atoms with Crippen LogP contribution in [-0.4, -0.2) is 42.4 Å². The van der Waals surface area contributed by atoms with E-state index >= 15 is 0 Å². The van der Waals surface area contributed by atoms with E-state index in [0.29, 0.717) is 25.1 Å². The Morgan fingerprint density at radius 2 is 1.93 bits per heavy atom. The number of nitrogens with one attached hydrogen (secondary N) is 1. The summed E-state index contributed by atoms with van der Waals surface area (Å²) in [5.74, 6) is -0.299. The predicted octanol–water partition coefficient (Wildman–Crippen LogP) is 4.71. The molecule has 1 aliphatic rings. The number of pyridine rings is 1. The van der Waals surface area contributed by atoms with Crippen molar-refractivity contribution in [2.24, 2.45) is 0 Å². The quantitative estimate of drug-likeness (QED) is 0.675. The molecule has 2 aromatic rings. The van der Waals surface area contributed by atoms with E-state index in [-0.39, 0.29) is 16.0 Å². The molecule has 156 valence electrons. The number of halogens is 4. The van der Waals surface area contributed by atoms with Crippen LogP contribution in [0.4, 0.5) is 24.5 Å². The summed E-state index contributed by atoms with van der Waals surface area (Å²) in [5.41, 5.74) is 0.754. The molecule has 1 fully saturated rings. The second-order valence-corrected chi connectivity index (χ2v) is 8.14. The molecule has 0 unspecified atom stereocenters. The topological polar surface area (TPSA) is 54.5 Å². The Labute approximate surface area is 175 Å². The summed E-state index contributed by atoms with van der Waals surface area (Å²) >= 11 is 6.91. The van der Waals surface area contributed by atoms with Gasteiger partial charge in [-0.1, -0.05) is 23.4 Å². The highest BCUT2D eigenvalue weighted by Crippen LogP contribution is 2.35. The maximum atomic E-state index is 12.7. The van der Waals surface area contributed by atoms with Crippen LogP contribution in [0.3, 0.4) is 0 Å². The second-order valence-electron chi connectivity index (χ2n) is 6.40. The van der Waals surface area contributed by atoms with Gasteiger partial charge in [0.2, 0.25) is 5.91 Å². The lowest BCUT2D eigenvalue weighted by atomic mass is 10.2. The molecule has 3 rings (SSSR count). The first kappa shape index (κ1) is 21.7. The fourth-order valence-corrected chi connectivity index (χ4v) is 3.80. The van der Waals surface area contributed by atoms with Crippen molar-refractivity contribution in [3.05, 3.63) is 47.1 Å². The number of carbonyl (C=O) groups is 1. The monoisotopic (exact) mass is 445 g/mol. The SMILES string of the molecule is C[C@H](Sc1ncc(C(F)(F)F)cc1Cl)C(=O)Nc1ccc(N2CCOCC2)cc1. The van der Waals surface area contributed by atoms with Crippen molar-refractivity contribution in [1.82, 2.24) is 4.98 Å². The van der Waals surface area contributed by atoms with Crippen LogP contribution in [-0.2, 0) is 15.7 Å². The zero-order valence-electron chi connectivity index (χ0n) is 15.5. The van der Waals surface area contributed by atoms with Crippen LogP contribution in [0.1, 0.15) is 12.5 Å². The molecule has 0 bridgehead atoms. The molecule has 0 saturated carbocycles. The standard InChI is InChI=1S/C19H19ClF3N3O2S/c1-12(29-18-16(20)10-13(11-24-18)19(21,22)23)17(27)25-14-2-4-15(5-3-14)26-6-8-28-9-7-26/h2-5,10-12H,6-9H2,1H3,(H,25,27)/t12-/m0/s1. The van der Waals surface area contributed by atoms with Crippen LogP contribution >= 0.6 is 23.4 Å². The Kier molecular flexibility index (Phi) is 6.92. The Hall–Kier alpha value is -1.97. The van der Waals surface area contributed by atoms with Crippen molar-refractivity contribution in [3.8, 4) is 0 Å². The maximum Gasteiger partial charge on any atom is 0.417 e. The Morgan fingerprint density at radius 3 is 2.52 bits per heavy atom. The molecule has 1 N–H and O–H groups in total. The first-order valence-corrected chi connectivity index (χ1v) is 10.1. The number of alkyl halides is 3.